The topological polar surface area (TPSA) is 90.1 Å². The lowest BCUT2D eigenvalue weighted by molar-refractivity contribution is -0.113. The minimum atomic E-state index is -0.0455. The fourth-order valence-electron chi connectivity index (χ4n) is 3.86. The van der Waals surface area contributed by atoms with Crippen LogP contribution in [0.4, 0.5) is 10.8 Å². The third-order valence-corrected chi connectivity index (χ3v) is 6.35. The third kappa shape index (κ3) is 5.53. The van der Waals surface area contributed by atoms with Gasteiger partial charge >= 0.3 is 0 Å². The highest BCUT2D eigenvalue weighted by atomic mass is 32.1. The molecule has 2 heterocycles. The van der Waals surface area contributed by atoms with Crippen molar-refractivity contribution in [2.75, 3.05) is 17.7 Å². The second-order valence-electron chi connectivity index (χ2n) is 7.83. The summed E-state index contributed by atoms with van der Waals surface area (Å²) < 4.78 is 5.68. The van der Waals surface area contributed by atoms with Crippen molar-refractivity contribution in [3.63, 3.8) is 0 Å². The summed E-state index contributed by atoms with van der Waals surface area (Å²) in [4.78, 5) is 21.6. The Morgan fingerprint density at radius 3 is 2.66 bits per heavy atom. The van der Waals surface area contributed by atoms with Gasteiger partial charge in [-0.15, -0.1) is 11.3 Å². The maximum atomic E-state index is 13.0. The van der Waals surface area contributed by atoms with Crippen molar-refractivity contribution in [2.45, 2.75) is 45.4 Å². The molecule has 0 saturated carbocycles. The van der Waals surface area contributed by atoms with Crippen molar-refractivity contribution >= 4 is 33.6 Å². The van der Waals surface area contributed by atoms with E-state index in [9.17, 15) is 4.79 Å². The first-order valence-corrected chi connectivity index (χ1v) is 11.9. The van der Waals surface area contributed by atoms with Crippen molar-refractivity contribution in [3.8, 4) is 5.88 Å². The number of nitrogens with one attached hydrogen (secondary N) is 1. The number of hydrogen-bond donors (Lipinski definition) is 2. The Morgan fingerprint density at radius 2 is 1.97 bits per heavy atom. The first-order chi connectivity index (χ1) is 15.6. The molecule has 2 aromatic heterocycles. The SMILES string of the molecule is CCc1ccc(C2=C(C(=O)Nc3ccc(OCCc4csc(N)n4)nc3)CCCC2)cc1. The molecular formula is C25H28N4O2S. The molecule has 1 amide bonds. The predicted molar refractivity (Wildman–Crippen MR) is 130 cm³/mol. The zero-order valence-corrected chi connectivity index (χ0v) is 19.1. The van der Waals surface area contributed by atoms with E-state index >= 15 is 0 Å². The number of anilines is 2. The van der Waals surface area contributed by atoms with Crippen molar-refractivity contribution in [1.29, 1.82) is 0 Å². The van der Waals surface area contributed by atoms with Crippen molar-refractivity contribution < 1.29 is 9.53 Å². The molecule has 0 radical (unpaired) electrons. The minimum absolute atomic E-state index is 0.0455. The molecule has 0 atom stereocenters. The summed E-state index contributed by atoms with van der Waals surface area (Å²) in [6, 6.07) is 12.2. The van der Waals surface area contributed by atoms with Gasteiger partial charge in [0.05, 0.1) is 24.2 Å². The van der Waals surface area contributed by atoms with Gasteiger partial charge in [0.15, 0.2) is 5.13 Å². The molecule has 6 nitrogen and oxygen atoms in total. The normalized spacial score (nSPS) is 13.8. The Kier molecular flexibility index (Phi) is 7.17. The fraction of sp³-hybridized carbons (Fsp3) is 0.320. The van der Waals surface area contributed by atoms with E-state index in [1.165, 1.54) is 16.9 Å². The molecule has 0 bridgehead atoms. The molecule has 0 spiro atoms. The van der Waals surface area contributed by atoms with Gasteiger partial charge in [0.1, 0.15) is 0 Å². The Bertz CT molecular complexity index is 1090. The van der Waals surface area contributed by atoms with E-state index in [4.69, 9.17) is 10.5 Å². The van der Waals surface area contributed by atoms with E-state index in [0.717, 1.165) is 54.5 Å². The van der Waals surface area contributed by atoms with Crippen LogP contribution in [0.1, 0.15) is 49.4 Å². The standard InChI is InChI=1S/C25H28N4O2S/c1-2-17-7-9-18(10-8-17)21-5-3-4-6-22(21)24(30)28-19-11-12-23(27-15-19)31-14-13-20-16-32-25(26)29-20/h7-12,15-16H,2-6,13-14H2,1H3,(H2,26,29)(H,28,30). The maximum absolute atomic E-state index is 13.0. The van der Waals surface area contributed by atoms with Crippen LogP contribution in [0.5, 0.6) is 5.88 Å². The zero-order valence-electron chi connectivity index (χ0n) is 18.3. The van der Waals surface area contributed by atoms with Gasteiger partial charge in [-0.25, -0.2) is 9.97 Å². The number of carbonyl (C=O) groups is 1. The molecule has 0 fully saturated rings. The molecule has 3 aromatic rings. The number of aromatic nitrogens is 2. The first-order valence-electron chi connectivity index (χ1n) is 11.0. The Labute approximate surface area is 192 Å². The number of nitrogen functional groups attached to an aromatic ring is 1. The second-order valence-corrected chi connectivity index (χ2v) is 8.72. The molecule has 0 saturated heterocycles. The number of thiazole rings is 1. The van der Waals surface area contributed by atoms with Gasteiger partial charge in [-0.1, -0.05) is 31.2 Å². The smallest absolute Gasteiger partial charge is 0.251 e. The van der Waals surface area contributed by atoms with Crippen molar-refractivity contribution in [2.24, 2.45) is 0 Å². The average molecular weight is 449 g/mol. The van der Waals surface area contributed by atoms with Crippen LogP contribution in [0.15, 0.2) is 53.5 Å². The molecular weight excluding hydrogens is 420 g/mol. The summed E-state index contributed by atoms with van der Waals surface area (Å²) in [7, 11) is 0. The molecule has 1 aliphatic carbocycles. The highest BCUT2D eigenvalue weighted by Gasteiger charge is 2.20. The molecule has 7 heteroatoms. The number of pyridine rings is 1. The van der Waals surface area contributed by atoms with Gasteiger partial charge in [-0.05, 0) is 54.9 Å². The van der Waals surface area contributed by atoms with E-state index in [1.807, 2.05) is 11.4 Å². The van der Waals surface area contributed by atoms with Gasteiger partial charge in [0.25, 0.3) is 5.91 Å². The number of aryl methyl sites for hydroxylation is 1. The summed E-state index contributed by atoms with van der Waals surface area (Å²) in [5.41, 5.74) is 11.7. The zero-order chi connectivity index (χ0) is 22.3. The summed E-state index contributed by atoms with van der Waals surface area (Å²) in [5, 5.41) is 5.50. The average Bonchev–Trinajstić information content (AvgIpc) is 3.25. The van der Waals surface area contributed by atoms with E-state index in [-0.39, 0.29) is 5.91 Å². The number of benzene rings is 1. The van der Waals surface area contributed by atoms with Crippen LogP contribution in [0.3, 0.4) is 0 Å². The van der Waals surface area contributed by atoms with Gasteiger partial charge in [-0.3, -0.25) is 4.79 Å². The van der Waals surface area contributed by atoms with Crippen molar-refractivity contribution in [3.05, 3.63) is 70.4 Å². The van der Waals surface area contributed by atoms with E-state index in [0.29, 0.717) is 29.7 Å². The van der Waals surface area contributed by atoms with E-state index in [2.05, 4.69) is 46.5 Å². The van der Waals surface area contributed by atoms with Gasteiger partial charge in [0.2, 0.25) is 5.88 Å². The largest absolute Gasteiger partial charge is 0.477 e. The lowest BCUT2D eigenvalue weighted by Crippen LogP contribution is -2.18. The van der Waals surface area contributed by atoms with Crippen LogP contribution in [-0.4, -0.2) is 22.5 Å². The summed E-state index contributed by atoms with van der Waals surface area (Å²) in [6.45, 7) is 2.62. The number of allylic oxidation sites excluding steroid dienone is 1. The molecule has 32 heavy (non-hydrogen) atoms. The third-order valence-electron chi connectivity index (χ3n) is 5.62. The predicted octanol–water partition coefficient (Wildman–Crippen LogP) is 5.27. The van der Waals surface area contributed by atoms with Crippen LogP contribution < -0.4 is 15.8 Å². The Hall–Kier alpha value is -3.19. The minimum Gasteiger partial charge on any atom is -0.477 e. The molecule has 166 valence electrons. The number of nitrogens with two attached hydrogens (primary N) is 1. The number of carbonyl (C=O) groups excluding carboxylic acids is 1. The van der Waals surface area contributed by atoms with Crippen LogP contribution >= 0.6 is 11.3 Å². The molecule has 0 unspecified atom stereocenters. The highest BCUT2D eigenvalue weighted by Crippen LogP contribution is 2.33. The van der Waals surface area contributed by atoms with Gasteiger partial charge < -0.3 is 15.8 Å². The fourth-order valence-corrected chi connectivity index (χ4v) is 4.46. The Balaban J connectivity index is 1.38. The Morgan fingerprint density at radius 1 is 1.16 bits per heavy atom. The second kappa shape index (κ2) is 10.4. The molecule has 1 aromatic carbocycles. The maximum Gasteiger partial charge on any atom is 0.251 e. The van der Waals surface area contributed by atoms with Crippen LogP contribution in [0, 0.1) is 0 Å². The van der Waals surface area contributed by atoms with Crippen LogP contribution in [0.2, 0.25) is 0 Å². The van der Waals surface area contributed by atoms with Crippen molar-refractivity contribution in [1.82, 2.24) is 9.97 Å². The van der Waals surface area contributed by atoms with Crippen LogP contribution in [0.25, 0.3) is 5.57 Å². The summed E-state index contributed by atoms with van der Waals surface area (Å²) in [5.74, 6) is 0.468. The van der Waals surface area contributed by atoms with E-state index in [1.54, 1.807) is 12.3 Å². The lowest BCUT2D eigenvalue weighted by Gasteiger charge is -2.20. The van der Waals surface area contributed by atoms with E-state index < -0.39 is 0 Å². The molecule has 1 aliphatic rings. The van der Waals surface area contributed by atoms with Gasteiger partial charge in [0, 0.05) is 23.4 Å². The molecule has 0 aliphatic heterocycles. The molecule has 4 rings (SSSR count). The van der Waals surface area contributed by atoms with Crippen LogP contribution in [-0.2, 0) is 17.6 Å². The quantitative estimate of drug-likeness (QED) is 0.490. The van der Waals surface area contributed by atoms with Gasteiger partial charge in [-0.2, -0.15) is 0 Å². The monoisotopic (exact) mass is 448 g/mol. The number of nitrogens with zero attached hydrogens (tertiary/aromatic N) is 2. The number of ether oxygens (including phenoxy) is 1. The summed E-state index contributed by atoms with van der Waals surface area (Å²) in [6.07, 6.45) is 7.20. The number of rotatable bonds is 8. The highest BCUT2D eigenvalue weighted by molar-refractivity contribution is 7.13. The first kappa shape index (κ1) is 22.0. The molecule has 3 N–H and O–H groups in total. The summed E-state index contributed by atoms with van der Waals surface area (Å²) >= 11 is 1.42. The number of hydrogen-bond acceptors (Lipinski definition) is 6. The lowest BCUT2D eigenvalue weighted by atomic mass is 9.86. The number of amides is 1.